The number of nitrogens with two attached hydrogens (primary N) is 1. The molecule has 0 aliphatic heterocycles. The number of methoxy groups -OCH3 is 1. The highest BCUT2D eigenvalue weighted by Crippen LogP contribution is 2.21. The van der Waals surface area contributed by atoms with Crippen molar-refractivity contribution in [3.8, 4) is 11.5 Å². The number of amides is 2. The second-order valence-corrected chi connectivity index (χ2v) is 8.31. The molecule has 168 valence electrons. The van der Waals surface area contributed by atoms with E-state index in [1.807, 2.05) is 0 Å². The summed E-state index contributed by atoms with van der Waals surface area (Å²) in [6, 6.07) is 10.1. The molecule has 31 heavy (non-hydrogen) atoms. The lowest BCUT2D eigenvalue weighted by molar-refractivity contribution is 0.0844. The number of primary sulfonamides is 1. The average molecular weight is 450 g/mol. The van der Waals surface area contributed by atoms with Gasteiger partial charge in [0.2, 0.25) is 10.0 Å². The minimum atomic E-state index is -4.01. The van der Waals surface area contributed by atoms with Crippen molar-refractivity contribution in [2.75, 3.05) is 13.7 Å². The van der Waals surface area contributed by atoms with E-state index in [0.717, 1.165) is 25.3 Å². The molecule has 0 fully saturated rings. The highest BCUT2D eigenvalue weighted by atomic mass is 32.2. The first-order valence-corrected chi connectivity index (χ1v) is 11.3. The molecule has 0 bridgehead atoms. The molecular weight excluding hydrogens is 422 g/mol. The molecule has 0 spiro atoms. The van der Waals surface area contributed by atoms with Crippen LogP contribution in [0.25, 0.3) is 0 Å². The van der Waals surface area contributed by atoms with E-state index >= 15 is 0 Å². The van der Waals surface area contributed by atoms with E-state index in [4.69, 9.17) is 14.6 Å². The standard InChI is InChI=1S/C21H27N3O6S/c1-3-4-5-6-13-30-16-9-7-15(8-10-16)20(25)23-24-21(26)18-14-17(31(22,27)28)11-12-19(18)29-2/h7-12,14H,3-6,13H2,1-2H3,(H,23,25)(H,24,26)(H2,22,27,28). The van der Waals surface area contributed by atoms with Gasteiger partial charge in [-0.25, -0.2) is 13.6 Å². The summed E-state index contributed by atoms with van der Waals surface area (Å²) in [7, 11) is -2.68. The summed E-state index contributed by atoms with van der Waals surface area (Å²) in [5.74, 6) is -0.534. The molecule has 0 saturated heterocycles. The van der Waals surface area contributed by atoms with Gasteiger partial charge in [-0.05, 0) is 48.9 Å². The lowest BCUT2D eigenvalue weighted by Gasteiger charge is -2.12. The van der Waals surface area contributed by atoms with Crippen LogP contribution in [0, 0.1) is 0 Å². The van der Waals surface area contributed by atoms with E-state index in [0.29, 0.717) is 17.9 Å². The minimum absolute atomic E-state index is 0.0962. The predicted octanol–water partition coefficient (Wildman–Crippen LogP) is 2.38. The van der Waals surface area contributed by atoms with Crippen LogP contribution in [-0.2, 0) is 10.0 Å². The van der Waals surface area contributed by atoms with Crippen LogP contribution in [0.15, 0.2) is 47.4 Å². The number of carbonyl (C=O) groups excluding carboxylic acids is 2. The molecule has 0 aliphatic carbocycles. The maximum Gasteiger partial charge on any atom is 0.273 e. The molecule has 0 aromatic heterocycles. The molecule has 9 nitrogen and oxygen atoms in total. The van der Waals surface area contributed by atoms with Crippen LogP contribution in [0.2, 0.25) is 0 Å². The first-order valence-electron chi connectivity index (χ1n) is 9.80. The summed E-state index contributed by atoms with van der Waals surface area (Å²) in [6.45, 7) is 2.76. The van der Waals surface area contributed by atoms with Crippen LogP contribution in [0.5, 0.6) is 11.5 Å². The Balaban J connectivity index is 1.96. The maximum atomic E-state index is 12.4. The number of ether oxygens (including phenoxy) is 2. The summed E-state index contributed by atoms with van der Waals surface area (Å²) < 4.78 is 33.7. The zero-order valence-corrected chi connectivity index (χ0v) is 18.3. The predicted molar refractivity (Wildman–Crippen MR) is 115 cm³/mol. The third-order valence-corrected chi connectivity index (χ3v) is 5.33. The maximum absolute atomic E-state index is 12.4. The lowest BCUT2D eigenvalue weighted by Crippen LogP contribution is -2.41. The molecule has 0 aliphatic rings. The first kappa shape index (κ1) is 24.2. The fourth-order valence-electron chi connectivity index (χ4n) is 2.72. The highest BCUT2D eigenvalue weighted by molar-refractivity contribution is 7.89. The Morgan fingerprint density at radius 2 is 1.65 bits per heavy atom. The van der Waals surface area contributed by atoms with Crippen molar-refractivity contribution >= 4 is 21.8 Å². The Morgan fingerprint density at radius 3 is 2.26 bits per heavy atom. The van der Waals surface area contributed by atoms with Crippen molar-refractivity contribution in [1.29, 1.82) is 0 Å². The Bertz CT molecular complexity index is 1010. The van der Waals surface area contributed by atoms with Crippen molar-refractivity contribution < 1.29 is 27.5 Å². The Labute approximate surface area is 181 Å². The zero-order valence-electron chi connectivity index (χ0n) is 17.5. The highest BCUT2D eigenvalue weighted by Gasteiger charge is 2.18. The van der Waals surface area contributed by atoms with Gasteiger partial charge in [0.15, 0.2) is 0 Å². The van der Waals surface area contributed by atoms with E-state index < -0.39 is 21.8 Å². The number of hydrogen-bond acceptors (Lipinski definition) is 6. The number of carbonyl (C=O) groups is 2. The molecule has 10 heteroatoms. The molecule has 0 radical (unpaired) electrons. The molecule has 0 unspecified atom stereocenters. The number of benzene rings is 2. The summed E-state index contributed by atoms with van der Waals surface area (Å²) in [4.78, 5) is 24.5. The largest absolute Gasteiger partial charge is 0.496 e. The fraction of sp³-hybridized carbons (Fsp3) is 0.333. The number of rotatable bonds is 10. The van der Waals surface area contributed by atoms with Gasteiger partial charge in [-0.15, -0.1) is 0 Å². The van der Waals surface area contributed by atoms with E-state index in [-0.39, 0.29) is 16.2 Å². The number of sulfonamides is 1. The molecule has 4 N–H and O–H groups in total. The van der Waals surface area contributed by atoms with Crippen LogP contribution in [0.4, 0.5) is 0 Å². The minimum Gasteiger partial charge on any atom is -0.496 e. The van der Waals surface area contributed by atoms with Crippen LogP contribution < -0.4 is 25.5 Å². The third-order valence-electron chi connectivity index (χ3n) is 4.42. The summed E-state index contributed by atoms with van der Waals surface area (Å²) >= 11 is 0. The lowest BCUT2D eigenvalue weighted by atomic mass is 10.2. The summed E-state index contributed by atoms with van der Waals surface area (Å²) in [5.41, 5.74) is 4.72. The monoisotopic (exact) mass is 449 g/mol. The molecule has 0 saturated carbocycles. The van der Waals surface area contributed by atoms with Gasteiger partial charge >= 0.3 is 0 Å². The third kappa shape index (κ3) is 7.26. The van der Waals surface area contributed by atoms with Crippen LogP contribution in [0.1, 0.15) is 53.3 Å². The van der Waals surface area contributed by atoms with Crippen LogP contribution in [0.3, 0.4) is 0 Å². The van der Waals surface area contributed by atoms with Gasteiger partial charge in [-0.2, -0.15) is 0 Å². The van der Waals surface area contributed by atoms with Crippen molar-refractivity contribution in [1.82, 2.24) is 10.9 Å². The zero-order chi connectivity index (χ0) is 22.9. The average Bonchev–Trinajstić information content (AvgIpc) is 2.76. The molecule has 2 rings (SSSR count). The second-order valence-electron chi connectivity index (χ2n) is 6.75. The van der Waals surface area contributed by atoms with Gasteiger partial charge in [0.1, 0.15) is 11.5 Å². The van der Waals surface area contributed by atoms with Crippen molar-refractivity contribution in [3.05, 3.63) is 53.6 Å². The van der Waals surface area contributed by atoms with Crippen LogP contribution >= 0.6 is 0 Å². The number of hydrogen-bond donors (Lipinski definition) is 3. The number of nitrogens with one attached hydrogen (secondary N) is 2. The van der Waals surface area contributed by atoms with Gasteiger partial charge in [0, 0.05) is 5.56 Å². The number of unbranched alkanes of at least 4 members (excludes halogenated alkanes) is 3. The fourth-order valence-corrected chi connectivity index (χ4v) is 3.26. The van der Waals surface area contributed by atoms with E-state index in [2.05, 4.69) is 17.8 Å². The Morgan fingerprint density at radius 1 is 0.968 bits per heavy atom. The quantitative estimate of drug-likeness (QED) is 0.376. The second kappa shape index (κ2) is 11.3. The molecule has 0 heterocycles. The van der Waals surface area contributed by atoms with Gasteiger partial charge in [-0.1, -0.05) is 26.2 Å². The summed E-state index contributed by atoms with van der Waals surface area (Å²) in [5, 5.41) is 5.10. The van der Waals surface area contributed by atoms with E-state index in [9.17, 15) is 18.0 Å². The number of hydrazine groups is 1. The normalized spacial score (nSPS) is 10.9. The van der Waals surface area contributed by atoms with Crippen molar-refractivity contribution in [3.63, 3.8) is 0 Å². The molecule has 0 atom stereocenters. The van der Waals surface area contributed by atoms with Gasteiger partial charge in [0.05, 0.1) is 24.2 Å². The Kier molecular flexibility index (Phi) is 8.83. The summed E-state index contributed by atoms with van der Waals surface area (Å²) in [6.07, 6.45) is 4.41. The first-order chi connectivity index (χ1) is 14.8. The smallest absolute Gasteiger partial charge is 0.273 e. The molecule has 2 amide bonds. The van der Waals surface area contributed by atoms with Gasteiger partial charge in [-0.3, -0.25) is 20.4 Å². The molecule has 2 aromatic rings. The molecular formula is C21H27N3O6S. The molecule has 2 aromatic carbocycles. The van der Waals surface area contributed by atoms with E-state index in [1.54, 1.807) is 24.3 Å². The van der Waals surface area contributed by atoms with Gasteiger partial charge in [0.25, 0.3) is 11.8 Å². The van der Waals surface area contributed by atoms with E-state index in [1.165, 1.54) is 25.7 Å². The SMILES string of the molecule is CCCCCCOc1ccc(C(=O)NNC(=O)c2cc(S(N)(=O)=O)ccc2OC)cc1. The Hall–Kier alpha value is -3.11. The van der Waals surface area contributed by atoms with Crippen molar-refractivity contribution in [2.45, 2.75) is 37.5 Å². The van der Waals surface area contributed by atoms with Crippen LogP contribution in [-0.4, -0.2) is 33.9 Å². The topological polar surface area (TPSA) is 137 Å². The van der Waals surface area contributed by atoms with Crippen molar-refractivity contribution in [2.24, 2.45) is 5.14 Å². The van der Waals surface area contributed by atoms with Gasteiger partial charge < -0.3 is 9.47 Å².